The number of nitrogens with one attached hydrogen (secondary N) is 2. The Hall–Kier alpha value is -1.04. The molecule has 0 spiro atoms. The third kappa shape index (κ3) is 5.02. The van der Waals surface area contributed by atoms with E-state index in [0.29, 0.717) is 30.0 Å². The molecule has 1 aliphatic heterocycles. The molecule has 0 atom stereocenters. The van der Waals surface area contributed by atoms with Crippen LogP contribution >= 0.6 is 11.6 Å². The van der Waals surface area contributed by atoms with Gasteiger partial charge in [0.25, 0.3) is 5.91 Å². The number of piperidine rings is 1. The molecular formula is C15H24ClN3O2. The number of hydrogen-bond acceptors (Lipinski definition) is 3. The lowest BCUT2D eigenvalue weighted by molar-refractivity contribution is 0.0343. The third-order valence-corrected chi connectivity index (χ3v) is 3.79. The number of aromatic nitrogens is 1. The van der Waals surface area contributed by atoms with Gasteiger partial charge in [0.05, 0.1) is 17.7 Å². The summed E-state index contributed by atoms with van der Waals surface area (Å²) in [6.07, 6.45) is 5.17. The molecule has 1 fully saturated rings. The third-order valence-electron chi connectivity index (χ3n) is 3.59. The number of amides is 1. The largest absolute Gasteiger partial charge is 0.376 e. The van der Waals surface area contributed by atoms with Crippen LogP contribution in [0, 0.1) is 0 Å². The Kier molecular flexibility index (Phi) is 6.54. The van der Waals surface area contributed by atoms with E-state index in [-0.39, 0.29) is 5.91 Å². The van der Waals surface area contributed by atoms with Crippen molar-refractivity contribution in [3.63, 3.8) is 0 Å². The summed E-state index contributed by atoms with van der Waals surface area (Å²) in [4.78, 5) is 12.1. The van der Waals surface area contributed by atoms with E-state index in [1.54, 1.807) is 12.3 Å². The Balaban J connectivity index is 1.73. The van der Waals surface area contributed by atoms with Gasteiger partial charge in [-0.1, -0.05) is 18.5 Å². The molecule has 1 aromatic rings. The highest BCUT2D eigenvalue weighted by atomic mass is 35.5. The number of aryl methyl sites for hydroxylation is 1. The molecule has 21 heavy (non-hydrogen) atoms. The summed E-state index contributed by atoms with van der Waals surface area (Å²) >= 11 is 5.98. The monoisotopic (exact) mass is 313 g/mol. The first kappa shape index (κ1) is 16.3. The van der Waals surface area contributed by atoms with Crippen LogP contribution in [0.15, 0.2) is 12.3 Å². The van der Waals surface area contributed by atoms with Crippen molar-refractivity contribution in [1.29, 1.82) is 0 Å². The van der Waals surface area contributed by atoms with Crippen LogP contribution in [0.2, 0.25) is 5.02 Å². The topological polar surface area (TPSA) is 55.3 Å². The van der Waals surface area contributed by atoms with E-state index in [1.165, 1.54) is 0 Å². The van der Waals surface area contributed by atoms with Crippen molar-refractivity contribution in [2.24, 2.45) is 0 Å². The van der Waals surface area contributed by atoms with Gasteiger partial charge in [-0.05, 0) is 38.4 Å². The molecule has 2 rings (SSSR count). The lowest BCUT2D eigenvalue weighted by atomic mass is 10.1. The molecule has 5 nitrogen and oxygen atoms in total. The van der Waals surface area contributed by atoms with Gasteiger partial charge < -0.3 is 19.9 Å². The number of carbonyl (C=O) groups is 1. The minimum atomic E-state index is -0.0933. The molecule has 0 aromatic carbocycles. The molecule has 0 unspecified atom stereocenters. The zero-order chi connectivity index (χ0) is 15.1. The normalized spacial score (nSPS) is 16.1. The summed E-state index contributed by atoms with van der Waals surface area (Å²) in [6.45, 7) is 5.97. The van der Waals surface area contributed by atoms with E-state index >= 15 is 0 Å². The molecular weight excluding hydrogens is 290 g/mol. The van der Waals surface area contributed by atoms with Crippen molar-refractivity contribution in [1.82, 2.24) is 15.2 Å². The average molecular weight is 314 g/mol. The van der Waals surface area contributed by atoms with E-state index in [4.69, 9.17) is 16.3 Å². The summed E-state index contributed by atoms with van der Waals surface area (Å²) in [5.74, 6) is -0.0933. The standard InChI is InChI=1S/C15H24ClN3O2/c1-2-8-19-11-12(16)10-14(19)15(20)18-7-9-21-13-3-5-17-6-4-13/h10-11,13,17H,2-9H2,1H3,(H,18,20). The molecule has 0 saturated carbocycles. The van der Waals surface area contributed by atoms with Crippen LogP contribution in [0.3, 0.4) is 0 Å². The van der Waals surface area contributed by atoms with E-state index < -0.39 is 0 Å². The first-order valence-electron chi connectivity index (χ1n) is 7.67. The first-order valence-corrected chi connectivity index (χ1v) is 8.04. The predicted molar refractivity (Wildman–Crippen MR) is 83.9 cm³/mol. The lowest BCUT2D eigenvalue weighted by Crippen LogP contribution is -2.35. The maximum atomic E-state index is 12.1. The van der Waals surface area contributed by atoms with Gasteiger partial charge in [-0.25, -0.2) is 0 Å². The second kappa shape index (κ2) is 8.41. The Bertz CT molecular complexity index is 456. The van der Waals surface area contributed by atoms with Gasteiger partial charge in [-0.15, -0.1) is 0 Å². The molecule has 1 aliphatic rings. The van der Waals surface area contributed by atoms with Crippen molar-refractivity contribution in [3.8, 4) is 0 Å². The van der Waals surface area contributed by atoms with Gasteiger partial charge >= 0.3 is 0 Å². The van der Waals surface area contributed by atoms with Crippen LogP contribution in [0.5, 0.6) is 0 Å². The predicted octanol–water partition coefficient (Wildman–Crippen LogP) is 2.05. The van der Waals surface area contributed by atoms with Crippen molar-refractivity contribution < 1.29 is 9.53 Å². The van der Waals surface area contributed by atoms with E-state index in [1.807, 2.05) is 4.57 Å². The Morgan fingerprint density at radius 1 is 1.52 bits per heavy atom. The van der Waals surface area contributed by atoms with Gasteiger partial charge in [0.1, 0.15) is 5.69 Å². The van der Waals surface area contributed by atoms with Gasteiger partial charge in [0.2, 0.25) is 0 Å². The average Bonchev–Trinajstić information content (AvgIpc) is 2.86. The Morgan fingerprint density at radius 2 is 2.29 bits per heavy atom. The number of hydrogen-bond donors (Lipinski definition) is 2. The summed E-state index contributed by atoms with van der Waals surface area (Å²) < 4.78 is 7.66. The number of halogens is 1. The number of ether oxygens (including phenoxy) is 1. The van der Waals surface area contributed by atoms with E-state index in [2.05, 4.69) is 17.6 Å². The van der Waals surface area contributed by atoms with Gasteiger partial charge in [-0.2, -0.15) is 0 Å². The summed E-state index contributed by atoms with van der Waals surface area (Å²) in [7, 11) is 0. The highest BCUT2D eigenvalue weighted by Crippen LogP contribution is 2.14. The fraction of sp³-hybridized carbons (Fsp3) is 0.667. The zero-order valence-corrected chi connectivity index (χ0v) is 13.3. The van der Waals surface area contributed by atoms with Gasteiger partial charge in [-0.3, -0.25) is 4.79 Å². The Morgan fingerprint density at radius 3 is 3.00 bits per heavy atom. The van der Waals surface area contributed by atoms with Crippen molar-refractivity contribution in [2.45, 2.75) is 38.8 Å². The van der Waals surface area contributed by atoms with Crippen LogP contribution in [0.4, 0.5) is 0 Å². The second-order valence-corrected chi connectivity index (χ2v) is 5.75. The lowest BCUT2D eigenvalue weighted by Gasteiger charge is -2.22. The molecule has 0 bridgehead atoms. The van der Waals surface area contributed by atoms with Crippen LogP contribution in [0.25, 0.3) is 0 Å². The quantitative estimate of drug-likeness (QED) is 0.758. The van der Waals surface area contributed by atoms with Crippen LogP contribution in [-0.2, 0) is 11.3 Å². The number of nitrogens with zero attached hydrogens (tertiary/aromatic N) is 1. The zero-order valence-electron chi connectivity index (χ0n) is 12.5. The van der Waals surface area contributed by atoms with Crippen LogP contribution < -0.4 is 10.6 Å². The van der Waals surface area contributed by atoms with Crippen molar-refractivity contribution >= 4 is 17.5 Å². The molecule has 2 heterocycles. The Labute approximate surface area is 131 Å². The maximum absolute atomic E-state index is 12.1. The molecule has 118 valence electrons. The fourth-order valence-corrected chi connectivity index (χ4v) is 2.76. The van der Waals surface area contributed by atoms with Crippen LogP contribution in [-0.4, -0.2) is 42.8 Å². The first-order chi connectivity index (χ1) is 10.2. The van der Waals surface area contributed by atoms with Gasteiger partial charge in [0, 0.05) is 19.3 Å². The summed E-state index contributed by atoms with van der Waals surface area (Å²) in [5.41, 5.74) is 0.615. The highest BCUT2D eigenvalue weighted by Gasteiger charge is 2.14. The highest BCUT2D eigenvalue weighted by molar-refractivity contribution is 6.31. The molecule has 0 radical (unpaired) electrons. The van der Waals surface area contributed by atoms with Gasteiger partial charge in [0.15, 0.2) is 0 Å². The fourth-order valence-electron chi connectivity index (χ4n) is 2.53. The minimum absolute atomic E-state index is 0.0933. The molecule has 1 aromatic heterocycles. The SMILES string of the molecule is CCCn1cc(Cl)cc1C(=O)NCCOC1CCNCC1. The smallest absolute Gasteiger partial charge is 0.268 e. The van der Waals surface area contributed by atoms with Crippen molar-refractivity contribution in [2.75, 3.05) is 26.2 Å². The van der Waals surface area contributed by atoms with Crippen molar-refractivity contribution in [3.05, 3.63) is 23.0 Å². The van der Waals surface area contributed by atoms with E-state index in [9.17, 15) is 4.79 Å². The van der Waals surface area contributed by atoms with Crippen LogP contribution in [0.1, 0.15) is 36.7 Å². The molecule has 1 amide bonds. The maximum Gasteiger partial charge on any atom is 0.268 e. The summed E-state index contributed by atoms with van der Waals surface area (Å²) in [5, 5.41) is 6.79. The second-order valence-electron chi connectivity index (χ2n) is 5.31. The number of rotatable bonds is 7. The number of carbonyl (C=O) groups excluding carboxylic acids is 1. The molecule has 0 aliphatic carbocycles. The minimum Gasteiger partial charge on any atom is -0.376 e. The molecule has 1 saturated heterocycles. The molecule has 2 N–H and O–H groups in total. The summed E-state index contributed by atoms with van der Waals surface area (Å²) in [6, 6.07) is 1.71. The molecule has 6 heteroatoms. The van der Waals surface area contributed by atoms with E-state index in [0.717, 1.165) is 38.9 Å².